The van der Waals surface area contributed by atoms with E-state index in [-0.39, 0.29) is 25.7 Å². The fourth-order valence-electron chi connectivity index (χ4n) is 11.7. The number of phosphoric ester groups is 2. The third-order valence-corrected chi connectivity index (χ3v) is 19.8. The highest BCUT2D eigenvalue weighted by atomic mass is 31.2. The molecule has 0 saturated heterocycles. The number of aliphatic hydroxyl groups is 1. The Morgan fingerprint density at radius 1 is 0.276 bits per heavy atom. The van der Waals surface area contributed by atoms with Gasteiger partial charge in [-0.25, -0.2) is 9.13 Å². The van der Waals surface area contributed by atoms with Crippen LogP contribution in [0.25, 0.3) is 0 Å². The van der Waals surface area contributed by atoms with Gasteiger partial charge in [-0.05, 0) is 77.0 Å². The molecule has 0 aromatic heterocycles. The number of hydrogen-bond donors (Lipinski definition) is 3. The highest BCUT2D eigenvalue weighted by molar-refractivity contribution is 7.47. The fraction of sp³-hybridized carbons (Fsp3) is 0.899. The molecule has 0 rings (SSSR count). The number of carbonyl (C=O) groups excluding carboxylic acids is 4. The molecule has 0 aliphatic carbocycles. The molecular weight excluding hydrogens is 1280 g/mol. The fourth-order valence-corrected chi connectivity index (χ4v) is 13.3. The van der Waals surface area contributed by atoms with E-state index in [1.165, 1.54) is 193 Å². The van der Waals surface area contributed by atoms with Crippen LogP contribution in [-0.4, -0.2) is 96.7 Å². The van der Waals surface area contributed by atoms with Crippen LogP contribution in [0, 0.1) is 0 Å². The number of unbranched alkanes of at least 4 members (excludes halogenated alkanes) is 48. The summed E-state index contributed by atoms with van der Waals surface area (Å²) in [5.41, 5.74) is 0. The quantitative estimate of drug-likeness (QED) is 0.0169. The maximum absolute atomic E-state index is 13.1. The first-order chi connectivity index (χ1) is 47.7. The van der Waals surface area contributed by atoms with Crippen molar-refractivity contribution >= 4 is 39.5 Å². The van der Waals surface area contributed by atoms with Crippen molar-refractivity contribution in [2.75, 3.05) is 39.6 Å². The molecule has 578 valence electrons. The molecule has 5 unspecified atom stereocenters. The molecule has 0 heterocycles. The van der Waals surface area contributed by atoms with E-state index in [2.05, 4.69) is 52.0 Å². The average molecular weight is 1430 g/mol. The van der Waals surface area contributed by atoms with E-state index in [9.17, 15) is 43.2 Å². The minimum absolute atomic E-state index is 0.103. The summed E-state index contributed by atoms with van der Waals surface area (Å²) in [5, 5.41) is 10.6. The first kappa shape index (κ1) is 95.5. The second-order valence-corrected chi connectivity index (χ2v) is 30.6. The number of phosphoric acid groups is 2. The summed E-state index contributed by atoms with van der Waals surface area (Å²) in [5.74, 6) is -2.14. The normalized spacial score (nSPS) is 14.0. The summed E-state index contributed by atoms with van der Waals surface area (Å²) >= 11 is 0. The molecule has 0 aliphatic rings. The molecule has 17 nitrogen and oxygen atoms in total. The first-order valence-electron chi connectivity index (χ1n) is 40.6. The number of esters is 4. The zero-order valence-electron chi connectivity index (χ0n) is 63.2. The minimum Gasteiger partial charge on any atom is -0.462 e. The monoisotopic (exact) mass is 1430 g/mol. The zero-order valence-corrected chi connectivity index (χ0v) is 65.0. The molecule has 0 aromatic rings. The van der Waals surface area contributed by atoms with Crippen molar-refractivity contribution in [1.82, 2.24) is 0 Å². The first-order valence-corrected chi connectivity index (χ1v) is 43.6. The summed E-state index contributed by atoms with van der Waals surface area (Å²) in [6.45, 7) is 4.96. The Balaban J connectivity index is 5.30. The predicted molar refractivity (Wildman–Crippen MR) is 400 cm³/mol. The number of aliphatic hydroxyl groups excluding tert-OH is 1. The van der Waals surface area contributed by atoms with Crippen LogP contribution < -0.4 is 0 Å². The van der Waals surface area contributed by atoms with E-state index in [0.29, 0.717) is 25.7 Å². The van der Waals surface area contributed by atoms with Crippen LogP contribution >= 0.6 is 15.6 Å². The molecule has 0 amide bonds. The van der Waals surface area contributed by atoms with Crippen LogP contribution in [0.3, 0.4) is 0 Å². The van der Waals surface area contributed by atoms with Gasteiger partial charge in [-0.3, -0.25) is 37.3 Å². The minimum atomic E-state index is -4.96. The van der Waals surface area contributed by atoms with Crippen LogP contribution in [0.15, 0.2) is 24.3 Å². The summed E-state index contributed by atoms with van der Waals surface area (Å²) in [4.78, 5) is 73.0. The third-order valence-electron chi connectivity index (χ3n) is 17.9. The molecule has 98 heavy (non-hydrogen) atoms. The van der Waals surface area contributed by atoms with Gasteiger partial charge in [0.25, 0.3) is 0 Å². The molecular formula is C79H150O17P2. The smallest absolute Gasteiger partial charge is 0.462 e. The Hall–Kier alpha value is -2.46. The number of ether oxygens (including phenoxy) is 4. The average Bonchev–Trinajstić information content (AvgIpc) is 0.959. The van der Waals surface area contributed by atoms with Gasteiger partial charge in [0.2, 0.25) is 0 Å². The van der Waals surface area contributed by atoms with E-state index >= 15 is 0 Å². The van der Waals surface area contributed by atoms with Gasteiger partial charge < -0.3 is 33.8 Å². The Bertz CT molecular complexity index is 1950. The highest BCUT2D eigenvalue weighted by Gasteiger charge is 2.30. The molecule has 0 fully saturated rings. The largest absolute Gasteiger partial charge is 0.472 e. The number of allylic oxidation sites excluding steroid dienone is 4. The van der Waals surface area contributed by atoms with Crippen molar-refractivity contribution in [2.24, 2.45) is 0 Å². The maximum atomic E-state index is 13.1. The lowest BCUT2D eigenvalue weighted by Gasteiger charge is -2.21. The summed E-state index contributed by atoms with van der Waals surface area (Å²) < 4.78 is 68.6. The van der Waals surface area contributed by atoms with E-state index in [1.807, 2.05) is 0 Å². The van der Waals surface area contributed by atoms with E-state index < -0.39 is 97.5 Å². The van der Waals surface area contributed by atoms with Gasteiger partial charge in [0.1, 0.15) is 19.3 Å². The van der Waals surface area contributed by atoms with Gasteiger partial charge in [-0.1, -0.05) is 322 Å². The molecule has 3 N–H and O–H groups in total. The number of rotatable bonds is 78. The van der Waals surface area contributed by atoms with Gasteiger partial charge in [0.05, 0.1) is 26.4 Å². The maximum Gasteiger partial charge on any atom is 0.472 e. The molecule has 0 aliphatic heterocycles. The van der Waals surface area contributed by atoms with Gasteiger partial charge in [-0.15, -0.1) is 0 Å². The SMILES string of the molecule is CCCCCCCC/C=C\CCCCCCCC(=O)OCC(COP(=O)(O)OCC(O)COP(=O)(O)OCC(COC(=O)CCCCCCC/C=C\CCCCCCCC)OC(=O)CCCCCCCCCCCCCCCCC)OC(=O)CCCCCCCCCCCCCCC. The van der Waals surface area contributed by atoms with E-state index in [1.54, 1.807) is 0 Å². The second kappa shape index (κ2) is 72.9. The molecule has 0 bridgehead atoms. The molecule has 0 saturated carbocycles. The Morgan fingerprint density at radius 2 is 0.469 bits per heavy atom. The molecule has 5 atom stereocenters. The second-order valence-electron chi connectivity index (χ2n) is 27.7. The molecule has 0 aromatic carbocycles. The zero-order chi connectivity index (χ0) is 71.8. The molecule has 0 spiro atoms. The van der Waals surface area contributed by atoms with Gasteiger partial charge >= 0.3 is 39.5 Å². The standard InChI is InChI=1S/C79H150O17P2/c1-5-9-13-17-21-25-29-33-36-40-43-47-51-55-59-63-76(81)89-69-74(95-78(83)65-61-57-53-49-45-39-32-28-24-20-16-12-8-4)71-93-97(85,86)91-67-73(80)68-92-98(87,88)94-72-75(96-79(84)66-62-58-54-50-46-42-38-35-31-27-23-19-15-11-7-3)70-90-77(82)64-60-56-52-48-44-41-37-34-30-26-22-18-14-10-6-2/h33-34,36-37,73-75,80H,5-32,35,38-72H2,1-4H3,(H,85,86)(H,87,88)/b36-33-,37-34-. The lowest BCUT2D eigenvalue weighted by atomic mass is 10.0. The Labute approximate surface area is 599 Å². The summed E-state index contributed by atoms with van der Waals surface area (Å²) in [6.07, 6.45) is 67.2. The summed E-state index contributed by atoms with van der Waals surface area (Å²) in [6, 6.07) is 0. The van der Waals surface area contributed by atoms with Gasteiger partial charge in [0.15, 0.2) is 12.2 Å². The van der Waals surface area contributed by atoms with Gasteiger partial charge in [-0.2, -0.15) is 0 Å². The van der Waals surface area contributed by atoms with Crippen molar-refractivity contribution in [3.8, 4) is 0 Å². The molecule has 19 heteroatoms. The van der Waals surface area contributed by atoms with Gasteiger partial charge in [0, 0.05) is 25.7 Å². The van der Waals surface area contributed by atoms with Crippen LogP contribution in [0.2, 0.25) is 0 Å². The predicted octanol–water partition coefficient (Wildman–Crippen LogP) is 23.3. The Kier molecular flexibility index (Phi) is 71.0. The summed E-state index contributed by atoms with van der Waals surface area (Å²) in [7, 11) is -9.93. The molecule has 0 radical (unpaired) electrons. The number of carbonyl (C=O) groups is 4. The van der Waals surface area contributed by atoms with Crippen molar-refractivity contribution in [1.29, 1.82) is 0 Å². The van der Waals surface area contributed by atoms with E-state index in [0.717, 1.165) is 128 Å². The highest BCUT2D eigenvalue weighted by Crippen LogP contribution is 2.45. The third kappa shape index (κ3) is 71.9. The lowest BCUT2D eigenvalue weighted by molar-refractivity contribution is -0.161. The van der Waals surface area contributed by atoms with Crippen molar-refractivity contribution in [2.45, 2.75) is 418 Å². The van der Waals surface area contributed by atoms with Crippen LogP contribution in [0.5, 0.6) is 0 Å². The van der Waals surface area contributed by atoms with Crippen molar-refractivity contribution in [3.05, 3.63) is 24.3 Å². The Morgan fingerprint density at radius 3 is 0.704 bits per heavy atom. The topological polar surface area (TPSA) is 237 Å². The lowest BCUT2D eigenvalue weighted by Crippen LogP contribution is -2.30. The van der Waals surface area contributed by atoms with Crippen molar-refractivity contribution < 1.29 is 80.2 Å². The van der Waals surface area contributed by atoms with E-state index in [4.69, 9.17) is 37.0 Å². The van der Waals surface area contributed by atoms with Crippen LogP contribution in [-0.2, 0) is 65.4 Å². The van der Waals surface area contributed by atoms with Crippen molar-refractivity contribution in [3.63, 3.8) is 0 Å². The van der Waals surface area contributed by atoms with Crippen LogP contribution in [0.1, 0.15) is 400 Å². The van der Waals surface area contributed by atoms with Crippen LogP contribution in [0.4, 0.5) is 0 Å². The number of hydrogen-bond acceptors (Lipinski definition) is 15.